The average molecular weight is 353 g/mol. The topological polar surface area (TPSA) is 53.4 Å². The number of benzene rings is 1. The van der Waals surface area contributed by atoms with Gasteiger partial charge >= 0.3 is 0 Å². The smallest absolute Gasteiger partial charge is 0.158 e. The maximum Gasteiger partial charge on any atom is 0.158 e. The molecule has 0 saturated heterocycles. The number of hydrogen-bond donors (Lipinski definition) is 1. The van der Waals surface area contributed by atoms with Crippen LogP contribution in [0.2, 0.25) is 0 Å². The second-order valence-electron chi connectivity index (χ2n) is 6.60. The van der Waals surface area contributed by atoms with E-state index in [1.807, 2.05) is 12.3 Å². The largest absolute Gasteiger partial charge is 0.305 e. The number of nitrogens with zero attached hydrogens (tertiary/aromatic N) is 4. The molecule has 0 spiro atoms. The molecule has 1 aromatic carbocycles. The average Bonchev–Trinajstić information content (AvgIpc) is 3.00. The number of nitrogens with one attached hydrogen (secondary N) is 1. The van der Waals surface area contributed by atoms with E-state index in [1.54, 1.807) is 17.7 Å². The van der Waals surface area contributed by atoms with Gasteiger partial charge in [0.25, 0.3) is 0 Å². The quantitative estimate of drug-likeness (QED) is 0.529. The van der Waals surface area contributed by atoms with Crippen molar-refractivity contribution in [2.75, 3.05) is 19.5 Å². The minimum atomic E-state index is 0.481. The number of hydrogen-bond acceptors (Lipinski definition) is 6. The molecule has 0 amide bonds. The van der Waals surface area contributed by atoms with Crippen LogP contribution >= 0.6 is 11.3 Å². The third-order valence-electron chi connectivity index (χ3n) is 3.75. The van der Waals surface area contributed by atoms with Crippen LogP contribution in [0.5, 0.6) is 0 Å². The Balaban J connectivity index is 1.77. The predicted molar refractivity (Wildman–Crippen MR) is 107 cm³/mol. The molecule has 0 fully saturated rings. The highest BCUT2D eigenvalue weighted by Crippen LogP contribution is 2.32. The van der Waals surface area contributed by atoms with Crippen LogP contribution in [-0.4, -0.2) is 35.2 Å². The number of fused-ring (bicyclic) bond motifs is 1. The first kappa shape index (κ1) is 17.5. The van der Waals surface area contributed by atoms with Crippen molar-refractivity contribution >= 4 is 33.6 Å². The number of aromatic nitrogens is 2. The summed E-state index contributed by atoms with van der Waals surface area (Å²) in [7, 11) is 4.13. The number of rotatable bonds is 6. The van der Waals surface area contributed by atoms with Crippen molar-refractivity contribution in [1.29, 1.82) is 0 Å². The predicted octanol–water partition coefficient (Wildman–Crippen LogP) is 4.32. The van der Waals surface area contributed by atoms with E-state index >= 15 is 0 Å². The fourth-order valence-corrected chi connectivity index (χ4v) is 3.55. The van der Waals surface area contributed by atoms with E-state index in [1.165, 1.54) is 10.4 Å². The zero-order chi connectivity index (χ0) is 17.8. The number of anilines is 1. The van der Waals surface area contributed by atoms with Crippen LogP contribution in [0.1, 0.15) is 35.8 Å². The monoisotopic (exact) mass is 353 g/mol. The van der Waals surface area contributed by atoms with Gasteiger partial charge in [0.15, 0.2) is 5.82 Å². The van der Waals surface area contributed by atoms with Crippen LogP contribution in [0.25, 0.3) is 10.2 Å². The fourth-order valence-electron chi connectivity index (χ4n) is 2.55. The van der Waals surface area contributed by atoms with Crippen molar-refractivity contribution in [1.82, 2.24) is 14.9 Å². The molecule has 5 nitrogen and oxygen atoms in total. The highest BCUT2D eigenvalue weighted by molar-refractivity contribution is 7.18. The lowest BCUT2D eigenvalue weighted by molar-refractivity contribution is 0.402. The van der Waals surface area contributed by atoms with Crippen LogP contribution in [0, 0.1) is 0 Å². The van der Waals surface area contributed by atoms with Gasteiger partial charge in [0.1, 0.15) is 11.2 Å². The van der Waals surface area contributed by atoms with Gasteiger partial charge in [-0.05, 0) is 43.3 Å². The summed E-state index contributed by atoms with van der Waals surface area (Å²) in [6.45, 7) is 5.28. The van der Waals surface area contributed by atoms with Gasteiger partial charge in [0, 0.05) is 11.4 Å². The van der Waals surface area contributed by atoms with Crippen molar-refractivity contribution in [2.45, 2.75) is 26.3 Å². The van der Waals surface area contributed by atoms with Gasteiger partial charge in [-0.25, -0.2) is 9.97 Å². The molecule has 0 radical (unpaired) electrons. The highest BCUT2D eigenvalue weighted by Gasteiger charge is 2.10. The van der Waals surface area contributed by atoms with Gasteiger partial charge in [-0.2, -0.15) is 5.10 Å². The summed E-state index contributed by atoms with van der Waals surface area (Å²) in [5.74, 6) is 1.23. The van der Waals surface area contributed by atoms with Crippen LogP contribution < -0.4 is 5.43 Å². The maximum atomic E-state index is 4.36. The molecule has 1 N–H and O–H groups in total. The molecule has 3 aromatic rings. The second kappa shape index (κ2) is 7.72. The molecule has 6 heteroatoms. The minimum absolute atomic E-state index is 0.481. The van der Waals surface area contributed by atoms with Crippen LogP contribution in [-0.2, 0) is 6.54 Å². The van der Waals surface area contributed by atoms with Crippen molar-refractivity contribution in [3.63, 3.8) is 0 Å². The molecule has 2 aromatic heterocycles. The molecular formula is C19H23N5S. The summed E-state index contributed by atoms with van der Waals surface area (Å²) in [4.78, 5) is 13.1. The molecule has 0 aliphatic heterocycles. The lowest BCUT2D eigenvalue weighted by atomic mass is 10.1. The molecule has 0 bridgehead atoms. The van der Waals surface area contributed by atoms with Gasteiger partial charge in [-0.15, -0.1) is 11.3 Å². The molecule has 2 heterocycles. The van der Waals surface area contributed by atoms with Gasteiger partial charge in [-0.3, -0.25) is 5.43 Å². The van der Waals surface area contributed by atoms with E-state index < -0.39 is 0 Å². The summed E-state index contributed by atoms with van der Waals surface area (Å²) in [5.41, 5.74) is 5.39. The van der Waals surface area contributed by atoms with Crippen molar-refractivity contribution in [3.05, 3.63) is 52.7 Å². The molecule has 25 heavy (non-hydrogen) atoms. The Morgan fingerprint density at radius 2 is 2.08 bits per heavy atom. The van der Waals surface area contributed by atoms with E-state index in [2.05, 4.69) is 77.6 Å². The zero-order valence-corrected chi connectivity index (χ0v) is 15.8. The Morgan fingerprint density at radius 3 is 2.84 bits per heavy atom. The maximum absolute atomic E-state index is 4.36. The summed E-state index contributed by atoms with van der Waals surface area (Å²) < 4.78 is 0. The normalized spacial score (nSPS) is 11.9. The standard InChI is InChI=1S/C19H23N5S/c1-13(2)17-9-16-18(20-12-21-19(16)25-17)23-22-10-14-6-5-7-15(8-14)11-24(3)4/h5-10,12-13H,11H2,1-4H3,(H,20,21,23). The Kier molecular flexibility index (Phi) is 5.40. The Hall–Kier alpha value is -2.31. The molecule has 130 valence electrons. The summed E-state index contributed by atoms with van der Waals surface area (Å²) in [5, 5.41) is 5.38. The van der Waals surface area contributed by atoms with Crippen LogP contribution in [0.4, 0.5) is 5.82 Å². The third kappa shape index (κ3) is 4.41. The molecule has 0 aliphatic rings. The van der Waals surface area contributed by atoms with Gasteiger partial charge in [0.05, 0.1) is 11.6 Å². The van der Waals surface area contributed by atoms with Crippen molar-refractivity contribution < 1.29 is 0 Å². The van der Waals surface area contributed by atoms with E-state index in [9.17, 15) is 0 Å². The molecule has 0 saturated carbocycles. The molecule has 3 rings (SSSR count). The number of thiophene rings is 1. The highest BCUT2D eigenvalue weighted by atomic mass is 32.1. The van der Waals surface area contributed by atoms with Gasteiger partial charge in [-0.1, -0.05) is 32.0 Å². The lowest BCUT2D eigenvalue weighted by Crippen LogP contribution is -2.10. The van der Waals surface area contributed by atoms with Crippen molar-refractivity contribution in [2.24, 2.45) is 5.10 Å². The van der Waals surface area contributed by atoms with Gasteiger partial charge < -0.3 is 4.90 Å². The molecule has 0 unspecified atom stereocenters. The first-order valence-corrected chi connectivity index (χ1v) is 9.12. The summed E-state index contributed by atoms with van der Waals surface area (Å²) in [6.07, 6.45) is 3.40. The van der Waals surface area contributed by atoms with E-state index in [0.29, 0.717) is 5.92 Å². The summed E-state index contributed by atoms with van der Waals surface area (Å²) >= 11 is 1.71. The fraction of sp³-hybridized carbons (Fsp3) is 0.316. The van der Waals surface area contributed by atoms with E-state index in [4.69, 9.17) is 0 Å². The van der Waals surface area contributed by atoms with Crippen LogP contribution in [0.3, 0.4) is 0 Å². The zero-order valence-electron chi connectivity index (χ0n) is 15.0. The van der Waals surface area contributed by atoms with Gasteiger partial charge in [0.2, 0.25) is 0 Å². The SMILES string of the molecule is CC(C)c1cc2c(NN=Cc3cccc(CN(C)C)c3)ncnc2s1. The molecular weight excluding hydrogens is 330 g/mol. The Bertz CT molecular complexity index is 882. The van der Waals surface area contributed by atoms with Crippen molar-refractivity contribution in [3.8, 4) is 0 Å². The number of hydrazone groups is 1. The Labute approximate surface area is 152 Å². The van der Waals surface area contributed by atoms with E-state index in [-0.39, 0.29) is 0 Å². The molecule has 0 aliphatic carbocycles. The lowest BCUT2D eigenvalue weighted by Gasteiger charge is -2.09. The Morgan fingerprint density at radius 1 is 1.24 bits per heavy atom. The first-order chi connectivity index (χ1) is 12.0. The second-order valence-corrected chi connectivity index (χ2v) is 7.66. The summed E-state index contributed by atoms with van der Waals surface area (Å²) in [6, 6.07) is 10.5. The van der Waals surface area contributed by atoms with E-state index in [0.717, 1.165) is 28.1 Å². The van der Waals surface area contributed by atoms with Crippen LogP contribution in [0.15, 0.2) is 41.8 Å². The molecule has 0 atom stereocenters. The first-order valence-electron chi connectivity index (χ1n) is 8.30. The third-order valence-corrected chi connectivity index (χ3v) is 5.10. The minimum Gasteiger partial charge on any atom is -0.305 e.